The van der Waals surface area contributed by atoms with Gasteiger partial charge >= 0.3 is 5.97 Å². The van der Waals surface area contributed by atoms with Crippen molar-refractivity contribution in [3.05, 3.63) is 0 Å². The zero-order chi connectivity index (χ0) is 11.9. The van der Waals surface area contributed by atoms with Crippen molar-refractivity contribution >= 4 is 11.9 Å². The van der Waals surface area contributed by atoms with Crippen LogP contribution in [0.2, 0.25) is 0 Å². The van der Waals surface area contributed by atoms with E-state index < -0.39 is 12.0 Å². The number of hydrogen-bond donors (Lipinski definition) is 1. The summed E-state index contributed by atoms with van der Waals surface area (Å²) in [7, 11) is 1.60. The summed E-state index contributed by atoms with van der Waals surface area (Å²) in [6.45, 7) is 1.56. The minimum atomic E-state index is -0.931. The van der Waals surface area contributed by atoms with Crippen LogP contribution < -0.4 is 0 Å². The normalized spacial score (nSPS) is 33.8. The number of carbonyl (C=O) groups is 2. The van der Waals surface area contributed by atoms with Gasteiger partial charge in [0.1, 0.15) is 6.04 Å². The maximum Gasteiger partial charge on any atom is 0.326 e. The highest BCUT2D eigenvalue weighted by molar-refractivity contribution is 5.86. The third-order valence-electron chi connectivity index (χ3n) is 4.23. The first-order valence-electron chi connectivity index (χ1n) is 6.03. The first-order chi connectivity index (χ1) is 7.54. The van der Waals surface area contributed by atoms with Crippen molar-refractivity contribution in [2.75, 3.05) is 7.05 Å². The molecular weight excluding hydrogens is 206 g/mol. The summed E-state index contributed by atoms with van der Waals surface area (Å²) >= 11 is 0. The van der Waals surface area contributed by atoms with Crippen LogP contribution >= 0.6 is 0 Å². The van der Waals surface area contributed by atoms with E-state index in [4.69, 9.17) is 5.11 Å². The third kappa shape index (κ3) is 1.81. The molecule has 3 unspecified atom stereocenters. The molecule has 90 valence electrons. The molecule has 0 aliphatic heterocycles. The highest BCUT2D eigenvalue weighted by Crippen LogP contribution is 2.56. The smallest absolute Gasteiger partial charge is 0.326 e. The van der Waals surface area contributed by atoms with Crippen LogP contribution in [-0.4, -0.2) is 35.0 Å². The van der Waals surface area contributed by atoms with Crippen molar-refractivity contribution in [2.24, 2.45) is 17.8 Å². The molecule has 0 bridgehead atoms. The Labute approximate surface area is 95.6 Å². The SMILES string of the molecule is CC(C(=O)O)N(C)C(=O)C1C2CCCCC21. The summed E-state index contributed by atoms with van der Waals surface area (Å²) < 4.78 is 0. The van der Waals surface area contributed by atoms with Gasteiger partial charge in [0.15, 0.2) is 0 Å². The van der Waals surface area contributed by atoms with E-state index in [-0.39, 0.29) is 11.8 Å². The second kappa shape index (κ2) is 4.07. The topological polar surface area (TPSA) is 57.6 Å². The molecule has 0 aromatic carbocycles. The van der Waals surface area contributed by atoms with E-state index in [1.807, 2.05) is 0 Å². The van der Waals surface area contributed by atoms with Crippen LogP contribution in [0, 0.1) is 17.8 Å². The van der Waals surface area contributed by atoms with Crippen LogP contribution in [0.4, 0.5) is 0 Å². The quantitative estimate of drug-likeness (QED) is 0.788. The standard InChI is InChI=1S/C12H19NO3/c1-7(12(15)16)13(2)11(14)10-8-5-3-4-6-9(8)10/h7-10H,3-6H2,1-2H3,(H,15,16). The van der Waals surface area contributed by atoms with Crippen molar-refractivity contribution < 1.29 is 14.7 Å². The van der Waals surface area contributed by atoms with Gasteiger partial charge in [0, 0.05) is 13.0 Å². The molecule has 16 heavy (non-hydrogen) atoms. The van der Waals surface area contributed by atoms with Gasteiger partial charge in [-0.3, -0.25) is 4.79 Å². The van der Waals surface area contributed by atoms with Gasteiger partial charge < -0.3 is 10.0 Å². The summed E-state index contributed by atoms with van der Waals surface area (Å²) in [4.78, 5) is 24.3. The molecule has 4 nitrogen and oxygen atoms in total. The maximum atomic E-state index is 12.1. The second-order valence-corrected chi connectivity index (χ2v) is 5.10. The average molecular weight is 225 g/mol. The van der Waals surface area contributed by atoms with Gasteiger partial charge in [-0.05, 0) is 31.6 Å². The van der Waals surface area contributed by atoms with E-state index in [1.165, 1.54) is 17.7 Å². The third-order valence-corrected chi connectivity index (χ3v) is 4.23. The summed E-state index contributed by atoms with van der Waals surface area (Å²) in [5.74, 6) is 0.315. The number of likely N-dealkylation sites (N-methyl/N-ethyl adjacent to an activating group) is 1. The lowest BCUT2D eigenvalue weighted by molar-refractivity contribution is -0.149. The van der Waals surface area contributed by atoms with Crippen molar-refractivity contribution in [3.63, 3.8) is 0 Å². The lowest BCUT2D eigenvalue weighted by Crippen LogP contribution is -2.41. The van der Waals surface area contributed by atoms with Crippen LogP contribution in [0.25, 0.3) is 0 Å². The summed E-state index contributed by atoms with van der Waals surface area (Å²) in [5.41, 5.74) is 0. The summed E-state index contributed by atoms with van der Waals surface area (Å²) in [6.07, 6.45) is 4.75. The Hall–Kier alpha value is -1.06. The molecule has 3 atom stereocenters. The van der Waals surface area contributed by atoms with E-state index in [9.17, 15) is 9.59 Å². The van der Waals surface area contributed by atoms with E-state index >= 15 is 0 Å². The van der Waals surface area contributed by atoms with Crippen molar-refractivity contribution in [3.8, 4) is 0 Å². The molecule has 4 heteroatoms. The van der Waals surface area contributed by atoms with Crippen LogP contribution in [0.1, 0.15) is 32.6 Å². The Kier molecular flexibility index (Phi) is 2.91. The number of rotatable bonds is 3. The Balaban J connectivity index is 1.96. The first-order valence-corrected chi connectivity index (χ1v) is 6.03. The fourth-order valence-corrected chi connectivity index (χ4v) is 2.95. The van der Waals surface area contributed by atoms with E-state index in [0.29, 0.717) is 11.8 Å². The molecule has 2 rings (SSSR count). The van der Waals surface area contributed by atoms with Crippen molar-refractivity contribution in [1.82, 2.24) is 4.90 Å². The zero-order valence-corrected chi connectivity index (χ0v) is 9.85. The number of hydrogen-bond acceptors (Lipinski definition) is 2. The fourth-order valence-electron chi connectivity index (χ4n) is 2.95. The summed E-state index contributed by atoms with van der Waals surface area (Å²) in [6, 6.07) is -0.713. The van der Waals surface area contributed by atoms with Gasteiger partial charge in [0.25, 0.3) is 0 Å². The number of amides is 1. The van der Waals surface area contributed by atoms with Crippen molar-refractivity contribution in [1.29, 1.82) is 0 Å². The van der Waals surface area contributed by atoms with Crippen molar-refractivity contribution in [2.45, 2.75) is 38.6 Å². The van der Waals surface area contributed by atoms with Gasteiger partial charge in [-0.1, -0.05) is 12.8 Å². The Morgan fingerprint density at radius 1 is 1.25 bits per heavy atom. The van der Waals surface area contributed by atoms with Crippen LogP contribution in [-0.2, 0) is 9.59 Å². The number of carboxylic acid groups (broad SMARTS) is 1. The number of carboxylic acids is 1. The minimum Gasteiger partial charge on any atom is -0.480 e. The molecule has 0 spiro atoms. The zero-order valence-electron chi connectivity index (χ0n) is 9.85. The lowest BCUT2D eigenvalue weighted by Gasteiger charge is -2.21. The highest BCUT2D eigenvalue weighted by Gasteiger charge is 2.55. The molecule has 0 aromatic rings. The molecule has 2 aliphatic carbocycles. The molecule has 1 N–H and O–H groups in total. The summed E-state index contributed by atoms with van der Waals surface area (Å²) in [5, 5.41) is 8.87. The van der Waals surface area contributed by atoms with Crippen LogP contribution in [0.3, 0.4) is 0 Å². The molecule has 0 aromatic heterocycles. The molecule has 2 aliphatic rings. The van der Waals surface area contributed by atoms with Gasteiger partial charge in [0.2, 0.25) is 5.91 Å². The predicted octanol–water partition coefficient (Wildman–Crippen LogP) is 1.35. The van der Waals surface area contributed by atoms with Gasteiger partial charge in [-0.2, -0.15) is 0 Å². The molecule has 2 saturated carbocycles. The Morgan fingerprint density at radius 2 is 1.75 bits per heavy atom. The Bertz CT molecular complexity index is 303. The number of aliphatic carboxylic acids is 1. The van der Waals surface area contributed by atoms with Gasteiger partial charge in [-0.15, -0.1) is 0 Å². The monoisotopic (exact) mass is 225 g/mol. The first kappa shape index (κ1) is 11.4. The Morgan fingerprint density at radius 3 is 2.19 bits per heavy atom. The predicted molar refractivity (Wildman–Crippen MR) is 58.8 cm³/mol. The van der Waals surface area contributed by atoms with Crippen LogP contribution in [0.5, 0.6) is 0 Å². The van der Waals surface area contributed by atoms with E-state index in [0.717, 1.165) is 12.8 Å². The molecule has 0 radical (unpaired) electrons. The minimum absolute atomic E-state index is 0.0341. The molecule has 2 fully saturated rings. The molecule has 1 amide bonds. The maximum absolute atomic E-state index is 12.1. The average Bonchev–Trinajstić information content (AvgIpc) is 3.00. The molecule has 0 saturated heterocycles. The van der Waals surface area contributed by atoms with Crippen LogP contribution in [0.15, 0.2) is 0 Å². The largest absolute Gasteiger partial charge is 0.480 e. The van der Waals surface area contributed by atoms with E-state index in [1.54, 1.807) is 14.0 Å². The second-order valence-electron chi connectivity index (χ2n) is 5.10. The van der Waals surface area contributed by atoms with Gasteiger partial charge in [0.05, 0.1) is 0 Å². The van der Waals surface area contributed by atoms with Gasteiger partial charge in [-0.25, -0.2) is 4.79 Å². The van der Waals surface area contributed by atoms with E-state index in [2.05, 4.69) is 0 Å². The molecular formula is C12H19NO3. The highest BCUT2D eigenvalue weighted by atomic mass is 16.4. The number of nitrogens with zero attached hydrogens (tertiary/aromatic N) is 1. The lowest BCUT2D eigenvalue weighted by atomic mass is 10.0. The molecule has 0 heterocycles. The fraction of sp³-hybridized carbons (Fsp3) is 0.833. The number of fused-ring (bicyclic) bond motifs is 1. The number of carbonyl (C=O) groups excluding carboxylic acids is 1.